The monoisotopic (exact) mass is 517 g/mol. The normalized spacial score (nSPS) is 11.3. The number of aryl methyl sites for hydroxylation is 1. The number of ether oxygens (including phenoxy) is 4. The molecule has 0 unspecified atom stereocenters. The van der Waals surface area contributed by atoms with Crippen molar-refractivity contribution in [1.82, 2.24) is 9.38 Å². The fourth-order valence-electron chi connectivity index (χ4n) is 3.69. The van der Waals surface area contributed by atoms with Crippen LogP contribution >= 0.6 is 11.6 Å². The summed E-state index contributed by atoms with van der Waals surface area (Å²) >= 11 is 6.71. The number of imidazole rings is 1. The predicted octanol–water partition coefficient (Wildman–Crippen LogP) is 5.69. The topological polar surface area (TPSA) is 91.6 Å². The number of anilines is 1. The van der Waals surface area contributed by atoms with Gasteiger partial charge in [0.2, 0.25) is 0 Å². The van der Waals surface area contributed by atoms with Crippen molar-refractivity contribution in [3.8, 4) is 11.5 Å². The van der Waals surface area contributed by atoms with Gasteiger partial charge < -0.3 is 18.9 Å². The first kappa shape index (κ1) is 27.1. The molecule has 0 aliphatic heterocycles. The van der Waals surface area contributed by atoms with Crippen molar-refractivity contribution in [2.75, 3.05) is 25.7 Å². The number of carbonyl (C=O) groups excluding carboxylic acids is 2. The van der Waals surface area contributed by atoms with Crippen LogP contribution < -0.4 is 14.4 Å². The van der Waals surface area contributed by atoms with Gasteiger partial charge in [0.1, 0.15) is 22.7 Å². The van der Waals surface area contributed by atoms with Crippen molar-refractivity contribution in [3.05, 3.63) is 52.4 Å². The van der Waals surface area contributed by atoms with Crippen LogP contribution in [-0.2, 0) is 22.4 Å². The maximum absolute atomic E-state index is 13.4. The summed E-state index contributed by atoms with van der Waals surface area (Å²) in [5.41, 5.74) is 1.68. The quantitative estimate of drug-likeness (QED) is 0.354. The zero-order valence-corrected chi connectivity index (χ0v) is 22.4. The van der Waals surface area contributed by atoms with Gasteiger partial charge in [0, 0.05) is 23.9 Å². The van der Waals surface area contributed by atoms with E-state index in [4.69, 9.17) is 30.5 Å². The van der Waals surface area contributed by atoms with Crippen LogP contribution in [0.2, 0.25) is 5.02 Å². The van der Waals surface area contributed by atoms with Crippen LogP contribution in [0.5, 0.6) is 11.5 Å². The van der Waals surface area contributed by atoms with Crippen LogP contribution in [0.3, 0.4) is 0 Å². The van der Waals surface area contributed by atoms with Gasteiger partial charge in [-0.25, -0.2) is 14.6 Å². The van der Waals surface area contributed by atoms with Crippen LogP contribution in [0, 0.1) is 0 Å². The molecule has 2 heterocycles. The molecule has 10 heteroatoms. The van der Waals surface area contributed by atoms with Gasteiger partial charge in [-0.05, 0) is 46.2 Å². The lowest BCUT2D eigenvalue weighted by Gasteiger charge is -2.28. The van der Waals surface area contributed by atoms with Gasteiger partial charge in [-0.2, -0.15) is 0 Å². The van der Waals surface area contributed by atoms with E-state index in [9.17, 15) is 9.59 Å². The highest BCUT2D eigenvalue weighted by molar-refractivity contribution is 6.33. The minimum absolute atomic E-state index is 0.101. The minimum atomic E-state index is -0.740. The summed E-state index contributed by atoms with van der Waals surface area (Å²) in [5.74, 6) is 0.672. The molecule has 0 saturated carbocycles. The number of esters is 1. The number of benzene rings is 1. The molecule has 0 bridgehead atoms. The molecule has 0 aliphatic carbocycles. The van der Waals surface area contributed by atoms with E-state index in [0.29, 0.717) is 46.2 Å². The van der Waals surface area contributed by atoms with Crippen LogP contribution in [0.15, 0.2) is 30.5 Å². The summed E-state index contributed by atoms with van der Waals surface area (Å²) in [7, 11) is 3.11. The fraction of sp³-hybridized carbons (Fsp3) is 0.423. The Morgan fingerprint density at radius 2 is 1.83 bits per heavy atom. The third-order valence-electron chi connectivity index (χ3n) is 5.29. The van der Waals surface area contributed by atoms with Crippen LogP contribution in [0.25, 0.3) is 5.65 Å². The zero-order valence-electron chi connectivity index (χ0n) is 21.7. The third kappa shape index (κ3) is 5.84. The highest BCUT2D eigenvalue weighted by atomic mass is 35.5. The summed E-state index contributed by atoms with van der Waals surface area (Å²) in [6, 6.07) is 6.99. The number of nitrogens with zero attached hydrogens (tertiary/aromatic N) is 3. The van der Waals surface area contributed by atoms with Gasteiger partial charge in [0.25, 0.3) is 0 Å². The van der Waals surface area contributed by atoms with Gasteiger partial charge in [0.15, 0.2) is 5.69 Å². The molecule has 0 saturated heterocycles. The Balaban J connectivity index is 2.15. The fourth-order valence-corrected chi connectivity index (χ4v) is 3.94. The second kappa shape index (κ2) is 11.1. The van der Waals surface area contributed by atoms with E-state index < -0.39 is 17.7 Å². The van der Waals surface area contributed by atoms with Crippen LogP contribution in [0.4, 0.5) is 10.5 Å². The molecule has 3 aromatic rings. The second-order valence-corrected chi connectivity index (χ2v) is 9.37. The summed E-state index contributed by atoms with van der Waals surface area (Å²) < 4.78 is 23.3. The first-order valence-corrected chi connectivity index (χ1v) is 12.0. The molecule has 2 aromatic heterocycles. The maximum atomic E-state index is 13.4. The van der Waals surface area contributed by atoms with Gasteiger partial charge in [-0.1, -0.05) is 18.5 Å². The molecule has 9 nitrogen and oxygen atoms in total. The first-order chi connectivity index (χ1) is 17.0. The number of pyridine rings is 1. The lowest BCUT2D eigenvalue weighted by atomic mass is 10.1. The number of carbonyl (C=O) groups is 2. The number of aromatic nitrogens is 2. The zero-order chi connectivity index (χ0) is 26.6. The minimum Gasteiger partial charge on any atom is -0.497 e. The first-order valence-electron chi connectivity index (χ1n) is 11.6. The molecule has 0 N–H and O–H groups in total. The number of hydrogen-bond donors (Lipinski definition) is 0. The molecular formula is C26H32ClN3O6. The lowest BCUT2D eigenvalue weighted by molar-refractivity contribution is 0.0515. The Hall–Kier alpha value is -3.46. The Morgan fingerprint density at radius 3 is 2.42 bits per heavy atom. The molecule has 0 fully saturated rings. The van der Waals surface area contributed by atoms with E-state index in [-0.39, 0.29) is 18.2 Å². The summed E-state index contributed by atoms with van der Waals surface area (Å²) in [6.07, 6.45) is 1.48. The summed E-state index contributed by atoms with van der Waals surface area (Å²) in [5, 5.41) is 0.228. The van der Waals surface area contributed by atoms with Crippen molar-refractivity contribution in [2.45, 2.75) is 53.2 Å². The molecule has 3 rings (SSSR count). The number of amides is 1. The number of methoxy groups -OCH3 is 2. The predicted molar refractivity (Wildman–Crippen MR) is 137 cm³/mol. The lowest BCUT2D eigenvalue weighted by Crippen LogP contribution is -2.36. The molecule has 0 atom stereocenters. The average molecular weight is 518 g/mol. The van der Waals surface area contributed by atoms with E-state index in [1.165, 1.54) is 4.90 Å². The molecule has 1 aromatic carbocycles. The van der Waals surface area contributed by atoms with Gasteiger partial charge >= 0.3 is 12.1 Å². The van der Waals surface area contributed by atoms with Gasteiger partial charge in [-0.3, -0.25) is 9.30 Å². The second-order valence-electron chi connectivity index (χ2n) is 8.96. The van der Waals surface area contributed by atoms with Gasteiger partial charge in [0.05, 0.1) is 43.8 Å². The highest BCUT2D eigenvalue weighted by Gasteiger charge is 2.28. The number of hydrogen-bond acceptors (Lipinski definition) is 7. The number of fused-ring (bicyclic) bond motifs is 1. The molecule has 194 valence electrons. The van der Waals surface area contributed by atoms with Crippen LogP contribution in [-0.4, -0.2) is 47.9 Å². The molecule has 0 radical (unpaired) electrons. The largest absolute Gasteiger partial charge is 0.497 e. The average Bonchev–Trinajstić information content (AvgIpc) is 3.18. The van der Waals surface area contributed by atoms with E-state index in [2.05, 4.69) is 4.98 Å². The van der Waals surface area contributed by atoms with Crippen molar-refractivity contribution in [1.29, 1.82) is 0 Å². The Kier molecular flexibility index (Phi) is 8.35. The number of halogens is 1. The molecule has 1 amide bonds. The molecule has 36 heavy (non-hydrogen) atoms. The van der Waals surface area contributed by atoms with E-state index in [1.807, 2.05) is 13.0 Å². The van der Waals surface area contributed by atoms with Crippen molar-refractivity contribution < 1.29 is 28.5 Å². The molecule has 0 aliphatic rings. The Morgan fingerprint density at radius 1 is 1.11 bits per heavy atom. The van der Waals surface area contributed by atoms with E-state index in [0.717, 1.165) is 0 Å². The third-order valence-corrected chi connectivity index (χ3v) is 5.59. The standard InChI is InChI=1S/C26H32ClN3O6/c1-8-19-23(24(31)35-9-2)30-15-18(27)20(13-22(30)28-19)29(25(32)36-26(3,4)5)14-16-10-11-17(33-6)12-21(16)34-7/h10-13,15H,8-9,14H2,1-7H3. The SMILES string of the molecule is CCOC(=O)c1c(CC)nc2cc(N(Cc3ccc(OC)cc3OC)C(=O)OC(C)(C)C)c(Cl)cn12. The summed E-state index contributed by atoms with van der Waals surface area (Å²) in [6.45, 7) is 9.34. The van der Waals surface area contributed by atoms with Crippen molar-refractivity contribution >= 4 is 35.0 Å². The Labute approximate surface area is 215 Å². The van der Waals surface area contributed by atoms with E-state index in [1.54, 1.807) is 70.7 Å². The highest BCUT2D eigenvalue weighted by Crippen LogP contribution is 2.34. The van der Waals surface area contributed by atoms with Crippen LogP contribution in [0.1, 0.15) is 56.4 Å². The molecule has 0 spiro atoms. The Bertz CT molecular complexity index is 1260. The van der Waals surface area contributed by atoms with Crippen molar-refractivity contribution in [2.24, 2.45) is 0 Å². The molecular weight excluding hydrogens is 486 g/mol. The maximum Gasteiger partial charge on any atom is 0.415 e. The number of rotatable bonds is 8. The summed E-state index contributed by atoms with van der Waals surface area (Å²) in [4.78, 5) is 32.0. The van der Waals surface area contributed by atoms with Gasteiger partial charge in [-0.15, -0.1) is 0 Å². The smallest absolute Gasteiger partial charge is 0.415 e. The van der Waals surface area contributed by atoms with E-state index >= 15 is 0 Å². The van der Waals surface area contributed by atoms with Crippen molar-refractivity contribution in [3.63, 3.8) is 0 Å².